The van der Waals surface area contributed by atoms with E-state index in [4.69, 9.17) is 0 Å². The standard InChI is InChI=1S/C12H24BrN/c1-11(2,3)6-7-14-8-10(13)12(4,5)9-14/h10H,6-9H2,1-5H3. The molecule has 0 saturated carbocycles. The van der Waals surface area contributed by atoms with E-state index in [1.165, 1.54) is 26.1 Å². The Morgan fingerprint density at radius 2 is 1.93 bits per heavy atom. The van der Waals surface area contributed by atoms with Crippen LogP contribution in [0.2, 0.25) is 0 Å². The van der Waals surface area contributed by atoms with Crippen LogP contribution in [0.3, 0.4) is 0 Å². The minimum Gasteiger partial charge on any atom is -0.302 e. The smallest absolute Gasteiger partial charge is 0.0336 e. The Balaban J connectivity index is 2.36. The number of hydrogen-bond donors (Lipinski definition) is 0. The van der Waals surface area contributed by atoms with Gasteiger partial charge in [0.2, 0.25) is 0 Å². The van der Waals surface area contributed by atoms with Crippen molar-refractivity contribution in [3.05, 3.63) is 0 Å². The second-order valence-corrected chi connectivity index (χ2v) is 7.61. The molecule has 1 fully saturated rings. The van der Waals surface area contributed by atoms with Crippen LogP contribution in [0.25, 0.3) is 0 Å². The molecule has 1 rings (SSSR count). The van der Waals surface area contributed by atoms with Gasteiger partial charge in [0.1, 0.15) is 0 Å². The summed E-state index contributed by atoms with van der Waals surface area (Å²) in [4.78, 5) is 3.25. The second kappa shape index (κ2) is 4.13. The van der Waals surface area contributed by atoms with Gasteiger partial charge in [0.25, 0.3) is 0 Å². The molecule has 1 heterocycles. The van der Waals surface area contributed by atoms with Gasteiger partial charge in [-0.05, 0) is 23.8 Å². The summed E-state index contributed by atoms with van der Waals surface area (Å²) >= 11 is 3.78. The van der Waals surface area contributed by atoms with E-state index >= 15 is 0 Å². The lowest BCUT2D eigenvalue weighted by molar-refractivity contribution is 0.243. The summed E-state index contributed by atoms with van der Waals surface area (Å²) in [5.41, 5.74) is 0.909. The predicted molar refractivity (Wildman–Crippen MR) is 67.0 cm³/mol. The summed E-state index contributed by atoms with van der Waals surface area (Å²) < 4.78 is 0. The third kappa shape index (κ3) is 3.54. The maximum Gasteiger partial charge on any atom is 0.0336 e. The van der Waals surface area contributed by atoms with Crippen molar-refractivity contribution in [2.75, 3.05) is 19.6 Å². The first-order valence-electron chi connectivity index (χ1n) is 5.57. The first kappa shape index (κ1) is 12.5. The van der Waals surface area contributed by atoms with Gasteiger partial charge >= 0.3 is 0 Å². The van der Waals surface area contributed by atoms with Crippen LogP contribution in [0.15, 0.2) is 0 Å². The maximum absolute atomic E-state index is 3.78. The second-order valence-electron chi connectivity index (χ2n) is 6.50. The molecule has 0 bridgehead atoms. The van der Waals surface area contributed by atoms with Crippen LogP contribution in [0.1, 0.15) is 41.0 Å². The molecule has 0 aromatic heterocycles. The largest absolute Gasteiger partial charge is 0.302 e. The van der Waals surface area contributed by atoms with Crippen molar-refractivity contribution in [2.45, 2.75) is 45.9 Å². The van der Waals surface area contributed by atoms with Crippen molar-refractivity contribution in [3.8, 4) is 0 Å². The van der Waals surface area contributed by atoms with Gasteiger partial charge in [0.15, 0.2) is 0 Å². The Kier molecular flexibility index (Phi) is 3.69. The van der Waals surface area contributed by atoms with E-state index in [1.807, 2.05) is 0 Å². The number of hydrogen-bond acceptors (Lipinski definition) is 1. The molecule has 2 heteroatoms. The molecular weight excluding hydrogens is 238 g/mol. The Morgan fingerprint density at radius 3 is 2.29 bits per heavy atom. The van der Waals surface area contributed by atoms with Crippen LogP contribution in [0, 0.1) is 10.8 Å². The van der Waals surface area contributed by atoms with Crippen molar-refractivity contribution in [2.24, 2.45) is 10.8 Å². The molecule has 1 atom stereocenters. The Morgan fingerprint density at radius 1 is 1.36 bits per heavy atom. The van der Waals surface area contributed by atoms with E-state index in [0.717, 1.165) is 0 Å². The van der Waals surface area contributed by atoms with E-state index in [-0.39, 0.29) is 0 Å². The summed E-state index contributed by atoms with van der Waals surface area (Å²) in [5, 5.41) is 0. The molecule has 1 nitrogen and oxygen atoms in total. The van der Waals surface area contributed by atoms with Crippen molar-refractivity contribution in [1.82, 2.24) is 4.90 Å². The monoisotopic (exact) mass is 261 g/mol. The van der Waals surface area contributed by atoms with Crippen LogP contribution in [-0.2, 0) is 0 Å². The molecule has 14 heavy (non-hydrogen) atoms. The minimum atomic E-state index is 0.442. The molecule has 0 N–H and O–H groups in total. The Hall–Kier alpha value is 0.440. The fourth-order valence-electron chi connectivity index (χ4n) is 1.88. The van der Waals surface area contributed by atoms with Gasteiger partial charge in [-0.25, -0.2) is 0 Å². The number of likely N-dealkylation sites (tertiary alicyclic amines) is 1. The zero-order valence-corrected chi connectivity index (χ0v) is 11.8. The Bertz CT molecular complexity index is 193. The molecule has 1 aliphatic rings. The molecule has 0 amide bonds. The number of halogens is 1. The van der Waals surface area contributed by atoms with Crippen LogP contribution < -0.4 is 0 Å². The lowest BCUT2D eigenvalue weighted by Gasteiger charge is -2.24. The molecule has 0 aliphatic carbocycles. The fraction of sp³-hybridized carbons (Fsp3) is 1.00. The summed E-state index contributed by atoms with van der Waals surface area (Å²) in [6, 6.07) is 0. The minimum absolute atomic E-state index is 0.442. The van der Waals surface area contributed by atoms with Crippen molar-refractivity contribution in [3.63, 3.8) is 0 Å². The van der Waals surface area contributed by atoms with Gasteiger partial charge in [0.05, 0.1) is 0 Å². The predicted octanol–water partition coefficient (Wildman–Crippen LogP) is 3.53. The van der Waals surface area contributed by atoms with E-state index in [9.17, 15) is 0 Å². The first-order chi connectivity index (χ1) is 6.21. The summed E-state index contributed by atoms with van der Waals surface area (Å²) in [5.74, 6) is 0. The highest BCUT2D eigenvalue weighted by Crippen LogP contribution is 2.35. The third-order valence-corrected chi connectivity index (χ3v) is 4.60. The molecular formula is C12H24BrN. The highest BCUT2D eigenvalue weighted by molar-refractivity contribution is 9.09. The van der Waals surface area contributed by atoms with Crippen molar-refractivity contribution < 1.29 is 0 Å². The fourth-order valence-corrected chi connectivity index (χ4v) is 2.43. The van der Waals surface area contributed by atoms with Crippen LogP contribution in [0.5, 0.6) is 0 Å². The Labute approximate surface area is 97.4 Å². The molecule has 1 aliphatic heterocycles. The molecule has 0 aromatic rings. The van der Waals surface area contributed by atoms with Crippen molar-refractivity contribution >= 4 is 15.9 Å². The summed E-state index contributed by atoms with van der Waals surface area (Å²) in [6.07, 6.45) is 1.29. The molecule has 0 spiro atoms. The van der Waals surface area contributed by atoms with Gasteiger partial charge in [-0.2, -0.15) is 0 Å². The van der Waals surface area contributed by atoms with Gasteiger partial charge in [-0.1, -0.05) is 50.5 Å². The first-order valence-corrected chi connectivity index (χ1v) is 6.49. The SMILES string of the molecule is CC(C)(C)CCN1CC(Br)C(C)(C)C1. The highest BCUT2D eigenvalue weighted by atomic mass is 79.9. The zero-order valence-electron chi connectivity index (χ0n) is 10.2. The van der Waals surface area contributed by atoms with Crippen LogP contribution in [0.4, 0.5) is 0 Å². The van der Waals surface area contributed by atoms with Crippen molar-refractivity contribution in [1.29, 1.82) is 0 Å². The lowest BCUT2D eigenvalue weighted by Crippen LogP contribution is -2.27. The molecule has 1 unspecified atom stereocenters. The maximum atomic E-state index is 3.78. The summed E-state index contributed by atoms with van der Waals surface area (Å²) in [7, 11) is 0. The molecule has 0 radical (unpaired) electrons. The number of rotatable bonds is 2. The van der Waals surface area contributed by atoms with E-state index in [1.54, 1.807) is 0 Å². The van der Waals surface area contributed by atoms with Gasteiger partial charge in [0, 0.05) is 17.9 Å². The van der Waals surface area contributed by atoms with Gasteiger partial charge < -0.3 is 4.90 Å². The topological polar surface area (TPSA) is 3.24 Å². The third-order valence-electron chi connectivity index (χ3n) is 3.08. The average molecular weight is 262 g/mol. The van der Waals surface area contributed by atoms with Gasteiger partial charge in [-0.3, -0.25) is 0 Å². The zero-order chi connectivity index (χ0) is 11.0. The molecule has 1 saturated heterocycles. The highest BCUT2D eigenvalue weighted by Gasteiger charge is 2.37. The normalized spacial score (nSPS) is 28.3. The lowest BCUT2D eigenvalue weighted by atomic mass is 9.91. The van der Waals surface area contributed by atoms with Crippen LogP contribution >= 0.6 is 15.9 Å². The summed E-state index contributed by atoms with van der Waals surface area (Å²) in [6.45, 7) is 15.4. The van der Waals surface area contributed by atoms with Gasteiger partial charge in [-0.15, -0.1) is 0 Å². The quantitative estimate of drug-likeness (QED) is 0.688. The molecule has 84 valence electrons. The van der Waals surface area contributed by atoms with Crippen LogP contribution in [-0.4, -0.2) is 29.4 Å². The molecule has 0 aromatic carbocycles. The van der Waals surface area contributed by atoms with E-state index in [2.05, 4.69) is 55.4 Å². The van der Waals surface area contributed by atoms with E-state index < -0.39 is 0 Å². The average Bonchev–Trinajstić information content (AvgIpc) is 2.21. The number of nitrogens with zero attached hydrogens (tertiary/aromatic N) is 1. The van der Waals surface area contributed by atoms with E-state index in [0.29, 0.717) is 15.7 Å². The number of alkyl halides is 1.